The van der Waals surface area contributed by atoms with Gasteiger partial charge in [-0.3, -0.25) is 20.0 Å². The number of rotatable bonds is 5. The average Bonchev–Trinajstić information content (AvgIpc) is 2.53. The van der Waals surface area contributed by atoms with Gasteiger partial charge in [-0.25, -0.2) is 5.84 Å². The van der Waals surface area contributed by atoms with Gasteiger partial charge in [0.1, 0.15) is 0 Å². The first kappa shape index (κ1) is 15.9. The highest BCUT2D eigenvalue weighted by atomic mass is 16.2. The zero-order valence-electron chi connectivity index (χ0n) is 13.0. The first-order valence-electron chi connectivity index (χ1n) is 7.63. The van der Waals surface area contributed by atoms with Gasteiger partial charge in [0.25, 0.3) is 0 Å². The number of piperazine rings is 1. The Bertz CT molecular complexity index is 441. The highest BCUT2D eigenvalue weighted by Gasteiger charge is 2.25. The van der Waals surface area contributed by atoms with Crippen LogP contribution in [-0.2, 0) is 4.79 Å². The maximum atomic E-state index is 12.1. The van der Waals surface area contributed by atoms with E-state index in [0.29, 0.717) is 6.04 Å². The van der Waals surface area contributed by atoms with E-state index in [1.54, 1.807) is 0 Å². The van der Waals surface area contributed by atoms with E-state index in [2.05, 4.69) is 29.1 Å². The number of hydrogen-bond acceptors (Lipinski definition) is 4. The summed E-state index contributed by atoms with van der Waals surface area (Å²) < 4.78 is 0. The monoisotopic (exact) mass is 290 g/mol. The minimum Gasteiger partial charge on any atom is -0.300 e. The summed E-state index contributed by atoms with van der Waals surface area (Å²) in [5, 5.41) is 0. The number of carbonyl (C=O) groups is 1. The minimum absolute atomic E-state index is 0.118. The van der Waals surface area contributed by atoms with Gasteiger partial charge in [0.2, 0.25) is 5.91 Å². The Morgan fingerprint density at radius 2 is 1.81 bits per heavy atom. The Morgan fingerprint density at radius 3 is 2.33 bits per heavy atom. The van der Waals surface area contributed by atoms with Gasteiger partial charge in [-0.2, -0.15) is 0 Å². The first-order valence-corrected chi connectivity index (χ1v) is 7.63. The molecule has 1 aromatic carbocycles. The minimum atomic E-state index is -0.207. The molecular formula is C16H26N4O. The van der Waals surface area contributed by atoms with Crippen molar-refractivity contribution in [3.05, 3.63) is 35.9 Å². The average molecular weight is 290 g/mol. The summed E-state index contributed by atoms with van der Waals surface area (Å²) in [5.41, 5.74) is 3.32. The maximum Gasteiger partial charge on any atom is 0.242 e. The molecular weight excluding hydrogens is 264 g/mol. The quantitative estimate of drug-likeness (QED) is 0.478. The molecule has 116 valence electrons. The number of benzene rings is 1. The lowest BCUT2D eigenvalue weighted by atomic mass is 9.97. The second kappa shape index (κ2) is 7.54. The lowest BCUT2D eigenvalue weighted by molar-refractivity contribution is -0.123. The molecule has 5 nitrogen and oxygen atoms in total. The van der Waals surface area contributed by atoms with Crippen LogP contribution in [0.2, 0.25) is 0 Å². The highest BCUT2D eigenvalue weighted by molar-refractivity contribution is 5.83. The van der Waals surface area contributed by atoms with Crippen LogP contribution in [0.4, 0.5) is 0 Å². The Morgan fingerprint density at radius 1 is 1.19 bits per heavy atom. The summed E-state index contributed by atoms with van der Waals surface area (Å²) >= 11 is 0. The molecule has 1 saturated heterocycles. The molecule has 3 N–H and O–H groups in total. The third kappa shape index (κ3) is 4.27. The molecule has 1 aliphatic rings. The van der Waals surface area contributed by atoms with Crippen LogP contribution in [0.25, 0.3) is 0 Å². The smallest absolute Gasteiger partial charge is 0.242 e. The van der Waals surface area contributed by atoms with Gasteiger partial charge in [0, 0.05) is 38.8 Å². The highest BCUT2D eigenvalue weighted by Crippen LogP contribution is 2.18. The van der Waals surface area contributed by atoms with E-state index >= 15 is 0 Å². The Labute approximate surface area is 127 Å². The fourth-order valence-electron chi connectivity index (χ4n) is 2.85. The lowest BCUT2D eigenvalue weighted by Gasteiger charge is -2.38. The fourth-order valence-corrected chi connectivity index (χ4v) is 2.85. The van der Waals surface area contributed by atoms with Crippen LogP contribution in [0.5, 0.6) is 0 Å². The van der Waals surface area contributed by atoms with Gasteiger partial charge in [-0.1, -0.05) is 30.3 Å². The molecule has 21 heavy (non-hydrogen) atoms. The Kier molecular flexibility index (Phi) is 5.73. The van der Waals surface area contributed by atoms with Crippen molar-refractivity contribution in [2.75, 3.05) is 32.7 Å². The first-order chi connectivity index (χ1) is 10.1. The molecule has 0 spiro atoms. The van der Waals surface area contributed by atoms with E-state index in [-0.39, 0.29) is 11.8 Å². The van der Waals surface area contributed by atoms with Crippen molar-refractivity contribution in [1.82, 2.24) is 15.2 Å². The zero-order valence-corrected chi connectivity index (χ0v) is 13.0. The van der Waals surface area contributed by atoms with E-state index in [1.807, 2.05) is 30.3 Å². The Hall–Kier alpha value is -1.43. The van der Waals surface area contributed by atoms with Gasteiger partial charge in [-0.15, -0.1) is 0 Å². The number of nitrogens with one attached hydrogen (secondary N) is 1. The van der Waals surface area contributed by atoms with Gasteiger partial charge < -0.3 is 0 Å². The third-order valence-electron chi connectivity index (χ3n) is 4.24. The summed E-state index contributed by atoms with van der Waals surface area (Å²) in [6.07, 6.45) is 0. The van der Waals surface area contributed by atoms with Gasteiger partial charge in [0.05, 0.1) is 5.92 Å². The number of amides is 1. The number of hydrogen-bond donors (Lipinski definition) is 2. The molecule has 0 aromatic heterocycles. The maximum absolute atomic E-state index is 12.1. The van der Waals surface area contributed by atoms with Crippen LogP contribution in [0, 0.1) is 0 Å². The summed E-state index contributed by atoms with van der Waals surface area (Å²) in [6, 6.07) is 10.5. The summed E-state index contributed by atoms with van der Waals surface area (Å²) in [7, 11) is 0. The number of hydrazine groups is 1. The van der Waals surface area contributed by atoms with E-state index in [4.69, 9.17) is 5.84 Å². The predicted molar refractivity (Wildman–Crippen MR) is 84.7 cm³/mol. The molecule has 0 saturated carbocycles. The van der Waals surface area contributed by atoms with Crippen molar-refractivity contribution in [2.24, 2.45) is 5.84 Å². The molecule has 1 atom stereocenters. The molecule has 0 radical (unpaired) electrons. The number of nitrogens with two attached hydrogens (primary N) is 1. The normalized spacial score (nSPS) is 18.7. The second-order valence-electron chi connectivity index (χ2n) is 5.90. The largest absolute Gasteiger partial charge is 0.300 e. The summed E-state index contributed by atoms with van der Waals surface area (Å²) in [6.45, 7) is 9.29. The van der Waals surface area contributed by atoms with Crippen molar-refractivity contribution in [3.63, 3.8) is 0 Å². The lowest BCUT2D eigenvalue weighted by Crippen LogP contribution is -2.51. The van der Waals surface area contributed by atoms with Crippen LogP contribution in [-0.4, -0.2) is 54.5 Å². The van der Waals surface area contributed by atoms with Crippen LogP contribution in [0.15, 0.2) is 30.3 Å². The van der Waals surface area contributed by atoms with E-state index < -0.39 is 0 Å². The van der Waals surface area contributed by atoms with E-state index in [0.717, 1.165) is 38.3 Å². The van der Waals surface area contributed by atoms with Crippen molar-refractivity contribution in [3.8, 4) is 0 Å². The standard InChI is InChI=1S/C16H26N4O/c1-13(2)20-10-8-19(9-11-20)12-15(16(21)18-17)14-6-4-3-5-7-14/h3-7,13,15H,8-12,17H2,1-2H3,(H,18,21). The molecule has 0 bridgehead atoms. The molecule has 1 aliphatic heterocycles. The molecule has 1 heterocycles. The second-order valence-corrected chi connectivity index (χ2v) is 5.90. The molecule has 5 heteroatoms. The molecule has 1 fully saturated rings. The van der Waals surface area contributed by atoms with Crippen LogP contribution >= 0.6 is 0 Å². The molecule has 1 unspecified atom stereocenters. The topological polar surface area (TPSA) is 61.6 Å². The third-order valence-corrected chi connectivity index (χ3v) is 4.24. The zero-order chi connectivity index (χ0) is 15.2. The van der Waals surface area contributed by atoms with Crippen LogP contribution in [0.3, 0.4) is 0 Å². The molecule has 0 aliphatic carbocycles. The molecule has 1 amide bonds. The Balaban J connectivity index is 1.99. The van der Waals surface area contributed by atoms with Crippen molar-refractivity contribution in [2.45, 2.75) is 25.8 Å². The van der Waals surface area contributed by atoms with E-state index in [9.17, 15) is 4.79 Å². The van der Waals surface area contributed by atoms with E-state index in [1.165, 1.54) is 0 Å². The predicted octanol–water partition coefficient (Wildman–Crippen LogP) is 0.786. The SMILES string of the molecule is CC(C)N1CCN(CC(C(=O)NN)c2ccccc2)CC1. The molecule has 1 aromatic rings. The number of nitrogens with zero attached hydrogens (tertiary/aromatic N) is 2. The van der Waals surface area contributed by atoms with Crippen molar-refractivity contribution >= 4 is 5.91 Å². The summed E-state index contributed by atoms with van der Waals surface area (Å²) in [5.74, 6) is 5.03. The molecule has 2 rings (SSSR count). The van der Waals surface area contributed by atoms with Gasteiger partial charge in [-0.05, 0) is 19.4 Å². The van der Waals surface area contributed by atoms with Gasteiger partial charge in [0.15, 0.2) is 0 Å². The van der Waals surface area contributed by atoms with Gasteiger partial charge >= 0.3 is 0 Å². The fraction of sp³-hybridized carbons (Fsp3) is 0.562. The van der Waals surface area contributed by atoms with Crippen molar-refractivity contribution in [1.29, 1.82) is 0 Å². The van der Waals surface area contributed by atoms with Crippen molar-refractivity contribution < 1.29 is 4.79 Å². The number of carbonyl (C=O) groups excluding carboxylic acids is 1. The summed E-state index contributed by atoms with van der Waals surface area (Å²) in [4.78, 5) is 16.9. The van der Waals surface area contributed by atoms with Crippen LogP contribution in [0.1, 0.15) is 25.3 Å². The van der Waals surface area contributed by atoms with Crippen LogP contribution < -0.4 is 11.3 Å².